The molecule has 3 aromatic rings. The Bertz CT molecular complexity index is 1050. The highest BCUT2D eigenvalue weighted by atomic mass is 32.1. The molecule has 0 aliphatic heterocycles. The van der Waals surface area contributed by atoms with Crippen LogP contribution in [0.15, 0.2) is 64.8 Å². The summed E-state index contributed by atoms with van der Waals surface area (Å²) in [5.74, 6) is 1.68. The molecule has 0 atom stereocenters. The molecule has 0 spiro atoms. The zero-order valence-corrected chi connectivity index (χ0v) is 17.3. The molecule has 0 unspecified atom stereocenters. The van der Waals surface area contributed by atoms with Crippen LogP contribution in [-0.4, -0.2) is 43.7 Å². The van der Waals surface area contributed by atoms with Gasteiger partial charge < -0.3 is 14.2 Å². The van der Waals surface area contributed by atoms with Crippen molar-refractivity contribution in [2.75, 3.05) is 27.9 Å². The monoisotopic (exact) mass is 410 g/mol. The standard InChI is InChI=1S/C21H22N4O3S/c1-5-8-23-21-25(24-13-15-7-6-9-22-12-15)17(14-29-21)16-10-18(26-2)20(28-4)19(11-16)27-3/h5-7,9-14H,1,8H2,2-4H3. The van der Waals surface area contributed by atoms with Crippen LogP contribution < -0.4 is 19.0 Å². The predicted octanol–water partition coefficient (Wildman–Crippen LogP) is 3.61. The highest BCUT2D eigenvalue weighted by Gasteiger charge is 2.16. The van der Waals surface area contributed by atoms with Crippen LogP contribution >= 0.6 is 11.3 Å². The number of pyridine rings is 1. The number of methoxy groups -OCH3 is 3. The van der Waals surface area contributed by atoms with Gasteiger partial charge in [0.1, 0.15) is 0 Å². The van der Waals surface area contributed by atoms with E-state index in [0.717, 1.165) is 21.6 Å². The minimum absolute atomic E-state index is 0.498. The second-order valence-electron chi connectivity index (χ2n) is 5.79. The molecule has 3 rings (SSSR count). The number of rotatable bonds is 8. The van der Waals surface area contributed by atoms with Crippen LogP contribution in [0.2, 0.25) is 0 Å². The van der Waals surface area contributed by atoms with E-state index in [1.807, 2.05) is 29.6 Å². The Morgan fingerprint density at radius 2 is 1.93 bits per heavy atom. The van der Waals surface area contributed by atoms with Crippen LogP contribution in [0.4, 0.5) is 0 Å². The molecule has 0 saturated carbocycles. The first-order valence-electron chi connectivity index (χ1n) is 8.78. The van der Waals surface area contributed by atoms with Crippen molar-refractivity contribution in [1.82, 2.24) is 9.66 Å². The normalized spacial score (nSPS) is 11.6. The molecule has 0 aliphatic carbocycles. The van der Waals surface area contributed by atoms with Crippen molar-refractivity contribution in [1.29, 1.82) is 0 Å². The van der Waals surface area contributed by atoms with Crippen molar-refractivity contribution in [3.63, 3.8) is 0 Å². The van der Waals surface area contributed by atoms with Crippen molar-refractivity contribution in [2.24, 2.45) is 10.1 Å². The summed E-state index contributed by atoms with van der Waals surface area (Å²) in [6.07, 6.45) is 6.96. The first-order valence-corrected chi connectivity index (χ1v) is 9.66. The zero-order valence-electron chi connectivity index (χ0n) is 16.5. The first-order chi connectivity index (χ1) is 14.2. The third kappa shape index (κ3) is 4.55. The molecule has 29 heavy (non-hydrogen) atoms. The van der Waals surface area contributed by atoms with Gasteiger partial charge in [-0.3, -0.25) is 9.98 Å². The Morgan fingerprint density at radius 1 is 1.17 bits per heavy atom. The molecule has 0 amide bonds. The Labute approximate surface area is 173 Å². The molecule has 0 radical (unpaired) electrons. The number of aromatic nitrogens is 2. The predicted molar refractivity (Wildman–Crippen MR) is 115 cm³/mol. The summed E-state index contributed by atoms with van der Waals surface area (Å²) in [6, 6.07) is 7.57. The van der Waals surface area contributed by atoms with Gasteiger partial charge in [0.2, 0.25) is 10.6 Å². The van der Waals surface area contributed by atoms with Crippen molar-refractivity contribution in [3.8, 4) is 28.5 Å². The Hall–Kier alpha value is -3.39. The lowest BCUT2D eigenvalue weighted by Gasteiger charge is -2.14. The average Bonchev–Trinajstić information content (AvgIpc) is 3.18. The van der Waals surface area contributed by atoms with Crippen LogP contribution in [0.25, 0.3) is 11.3 Å². The van der Waals surface area contributed by atoms with E-state index in [0.29, 0.717) is 23.8 Å². The fourth-order valence-corrected chi connectivity index (χ4v) is 3.51. The molecular weight excluding hydrogens is 388 g/mol. The van der Waals surface area contributed by atoms with Gasteiger partial charge in [-0.25, -0.2) is 4.68 Å². The van der Waals surface area contributed by atoms with Crippen LogP contribution in [0.5, 0.6) is 17.2 Å². The Morgan fingerprint density at radius 3 is 2.52 bits per heavy atom. The van der Waals surface area contributed by atoms with Gasteiger partial charge in [-0.15, -0.1) is 17.9 Å². The van der Waals surface area contributed by atoms with E-state index in [2.05, 4.69) is 21.7 Å². The molecule has 0 fully saturated rings. The van der Waals surface area contributed by atoms with Crippen LogP contribution in [-0.2, 0) is 0 Å². The fourth-order valence-electron chi connectivity index (χ4n) is 2.67. The lowest BCUT2D eigenvalue weighted by atomic mass is 10.1. The smallest absolute Gasteiger partial charge is 0.206 e. The van der Waals surface area contributed by atoms with Gasteiger partial charge in [0, 0.05) is 28.9 Å². The van der Waals surface area contributed by atoms with Gasteiger partial charge in [0.15, 0.2) is 11.5 Å². The quantitative estimate of drug-likeness (QED) is 0.420. The number of nitrogens with zero attached hydrogens (tertiary/aromatic N) is 4. The highest BCUT2D eigenvalue weighted by molar-refractivity contribution is 7.07. The summed E-state index contributed by atoms with van der Waals surface area (Å²) in [5.41, 5.74) is 2.59. The van der Waals surface area contributed by atoms with Crippen LogP contribution in [0.1, 0.15) is 5.56 Å². The van der Waals surface area contributed by atoms with Crippen LogP contribution in [0.3, 0.4) is 0 Å². The van der Waals surface area contributed by atoms with Gasteiger partial charge in [-0.05, 0) is 18.2 Å². The molecule has 0 N–H and O–H groups in total. The maximum atomic E-state index is 5.49. The van der Waals surface area contributed by atoms with E-state index >= 15 is 0 Å². The number of ether oxygens (including phenoxy) is 3. The topological polar surface area (TPSA) is 70.2 Å². The summed E-state index contributed by atoms with van der Waals surface area (Å²) in [7, 11) is 4.76. The van der Waals surface area contributed by atoms with Gasteiger partial charge >= 0.3 is 0 Å². The summed E-state index contributed by atoms with van der Waals surface area (Å²) in [4.78, 5) is 9.41. The maximum absolute atomic E-state index is 5.49. The molecule has 0 bridgehead atoms. The van der Waals surface area contributed by atoms with Gasteiger partial charge in [0.05, 0.1) is 39.8 Å². The van der Waals surface area contributed by atoms with Crippen molar-refractivity contribution in [3.05, 3.63) is 65.1 Å². The van der Waals surface area contributed by atoms with E-state index in [9.17, 15) is 0 Å². The lowest BCUT2D eigenvalue weighted by Crippen LogP contribution is -2.12. The lowest BCUT2D eigenvalue weighted by molar-refractivity contribution is 0.324. The Kier molecular flexibility index (Phi) is 6.80. The Balaban J connectivity index is 2.16. The van der Waals surface area contributed by atoms with E-state index in [1.54, 1.807) is 50.7 Å². The average molecular weight is 410 g/mol. The third-order valence-electron chi connectivity index (χ3n) is 4.01. The third-order valence-corrected chi connectivity index (χ3v) is 4.86. The van der Waals surface area contributed by atoms with E-state index in [-0.39, 0.29) is 0 Å². The van der Waals surface area contributed by atoms with E-state index < -0.39 is 0 Å². The van der Waals surface area contributed by atoms with Crippen molar-refractivity contribution in [2.45, 2.75) is 0 Å². The number of thiazole rings is 1. The molecule has 8 heteroatoms. The second-order valence-corrected chi connectivity index (χ2v) is 6.63. The molecule has 7 nitrogen and oxygen atoms in total. The SMILES string of the molecule is C=CCN=c1scc(-c2cc(OC)c(OC)c(OC)c2)n1N=Cc1cccnc1. The summed E-state index contributed by atoms with van der Waals surface area (Å²) in [6.45, 7) is 4.23. The molecule has 150 valence electrons. The summed E-state index contributed by atoms with van der Waals surface area (Å²) < 4.78 is 18.2. The largest absolute Gasteiger partial charge is 0.493 e. The molecule has 0 aliphatic rings. The fraction of sp³-hybridized carbons (Fsp3) is 0.190. The number of hydrogen-bond acceptors (Lipinski definition) is 7. The molecular formula is C21H22N4O3S. The van der Waals surface area contributed by atoms with Crippen LogP contribution in [0, 0.1) is 0 Å². The molecule has 1 aromatic carbocycles. The minimum atomic E-state index is 0.498. The number of hydrogen-bond donors (Lipinski definition) is 0. The molecule has 0 saturated heterocycles. The second kappa shape index (κ2) is 9.70. The van der Waals surface area contributed by atoms with Gasteiger partial charge in [-0.1, -0.05) is 12.1 Å². The first kappa shape index (κ1) is 20.3. The molecule has 2 heterocycles. The number of benzene rings is 1. The van der Waals surface area contributed by atoms with Crippen molar-refractivity contribution >= 4 is 17.6 Å². The van der Waals surface area contributed by atoms with Crippen molar-refractivity contribution < 1.29 is 14.2 Å². The van der Waals surface area contributed by atoms with Gasteiger partial charge in [-0.2, -0.15) is 5.10 Å². The minimum Gasteiger partial charge on any atom is -0.493 e. The summed E-state index contributed by atoms with van der Waals surface area (Å²) >= 11 is 1.49. The van der Waals surface area contributed by atoms with E-state index in [1.165, 1.54) is 11.3 Å². The zero-order chi connectivity index (χ0) is 20.6. The molecule has 2 aromatic heterocycles. The van der Waals surface area contributed by atoms with E-state index in [4.69, 9.17) is 14.2 Å². The summed E-state index contributed by atoms with van der Waals surface area (Å²) in [5, 5.41) is 6.63. The maximum Gasteiger partial charge on any atom is 0.206 e. The highest BCUT2D eigenvalue weighted by Crippen LogP contribution is 2.41. The van der Waals surface area contributed by atoms with Gasteiger partial charge in [0.25, 0.3) is 0 Å².